The zero-order valence-electron chi connectivity index (χ0n) is 16.6. The van der Waals surface area contributed by atoms with Gasteiger partial charge in [0, 0.05) is 11.6 Å². The highest BCUT2D eigenvalue weighted by Crippen LogP contribution is 2.39. The van der Waals surface area contributed by atoms with Crippen LogP contribution in [0.5, 0.6) is 0 Å². The van der Waals surface area contributed by atoms with Crippen LogP contribution < -0.4 is 0 Å². The number of hydrogen-bond donors (Lipinski definition) is 1. The normalized spacial score (nSPS) is 16.4. The second-order valence-corrected chi connectivity index (χ2v) is 8.05. The van der Waals surface area contributed by atoms with Gasteiger partial charge in [-0.15, -0.1) is 10.2 Å². The van der Waals surface area contributed by atoms with Crippen LogP contribution in [0, 0.1) is 12.7 Å². The fourth-order valence-corrected chi connectivity index (χ4v) is 3.67. The minimum Gasteiger partial charge on any atom is -0.385 e. The number of pyridine rings is 1. The largest absolute Gasteiger partial charge is 0.385 e. The van der Waals surface area contributed by atoms with Gasteiger partial charge >= 0.3 is 0 Å². The first-order valence-corrected chi connectivity index (χ1v) is 9.94. The summed E-state index contributed by atoms with van der Waals surface area (Å²) in [5.41, 5.74) is 3.49. The molecule has 1 N–H and O–H groups in total. The standard InChI is InChI=1S/C22H22FN5O/c1-4-22(3,29)14-7-8-16(23)15(11-14)20-27-26-19-12(2)24-18-10-9-17(13-5-6-13)25-21(18)28(19)20/h7-11,13,29H,4-6H2,1-3H3. The molecule has 1 aliphatic carbocycles. The fourth-order valence-electron chi connectivity index (χ4n) is 3.67. The molecule has 5 rings (SSSR count). The van der Waals surface area contributed by atoms with E-state index in [9.17, 15) is 9.50 Å². The number of aliphatic hydroxyl groups is 1. The Morgan fingerprint density at radius 1 is 1.14 bits per heavy atom. The van der Waals surface area contributed by atoms with Crippen molar-refractivity contribution in [1.29, 1.82) is 0 Å². The molecule has 1 atom stereocenters. The van der Waals surface area contributed by atoms with Crippen molar-refractivity contribution in [2.24, 2.45) is 0 Å². The van der Waals surface area contributed by atoms with E-state index in [-0.39, 0.29) is 5.56 Å². The number of nitrogens with zero attached hydrogens (tertiary/aromatic N) is 5. The van der Waals surface area contributed by atoms with Crippen LogP contribution in [0.1, 0.15) is 56.0 Å². The Labute approximate surface area is 167 Å². The highest BCUT2D eigenvalue weighted by molar-refractivity contribution is 5.78. The molecule has 0 aliphatic heterocycles. The van der Waals surface area contributed by atoms with Crippen molar-refractivity contribution in [3.05, 3.63) is 53.1 Å². The molecular weight excluding hydrogens is 369 g/mol. The molecule has 3 heterocycles. The third-order valence-corrected chi connectivity index (χ3v) is 5.88. The first-order chi connectivity index (χ1) is 13.9. The fraction of sp³-hybridized carbons (Fsp3) is 0.364. The number of benzene rings is 1. The zero-order chi connectivity index (χ0) is 20.3. The van der Waals surface area contributed by atoms with Gasteiger partial charge in [0.2, 0.25) is 0 Å². The zero-order valence-corrected chi connectivity index (χ0v) is 16.6. The molecule has 4 aromatic rings. The second kappa shape index (κ2) is 6.29. The highest BCUT2D eigenvalue weighted by Gasteiger charge is 2.27. The van der Waals surface area contributed by atoms with Gasteiger partial charge in [-0.25, -0.2) is 14.4 Å². The third kappa shape index (κ3) is 2.88. The lowest BCUT2D eigenvalue weighted by Crippen LogP contribution is -2.19. The van der Waals surface area contributed by atoms with Crippen LogP contribution in [0.4, 0.5) is 4.39 Å². The molecule has 1 aliphatic rings. The molecule has 1 aromatic carbocycles. The Balaban J connectivity index is 1.81. The summed E-state index contributed by atoms with van der Waals surface area (Å²) in [5, 5.41) is 19.2. The summed E-state index contributed by atoms with van der Waals surface area (Å²) in [6.07, 6.45) is 2.79. The molecule has 1 saturated carbocycles. The third-order valence-electron chi connectivity index (χ3n) is 5.88. The van der Waals surface area contributed by atoms with Gasteiger partial charge in [-0.1, -0.05) is 13.0 Å². The summed E-state index contributed by atoms with van der Waals surface area (Å²) >= 11 is 0. The average molecular weight is 391 g/mol. The first-order valence-electron chi connectivity index (χ1n) is 9.94. The molecule has 0 bridgehead atoms. The topological polar surface area (TPSA) is 76.2 Å². The summed E-state index contributed by atoms with van der Waals surface area (Å²) in [7, 11) is 0. The molecule has 1 fully saturated rings. The van der Waals surface area contributed by atoms with Gasteiger partial charge in [0.05, 0.1) is 16.9 Å². The number of aromatic nitrogens is 5. The van der Waals surface area contributed by atoms with Gasteiger partial charge in [0.25, 0.3) is 0 Å². The molecule has 3 aromatic heterocycles. The van der Waals surface area contributed by atoms with Crippen LogP contribution in [0.25, 0.3) is 28.2 Å². The van der Waals surface area contributed by atoms with E-state index in [1.807, 2.05) is 26.0 Å². The van der Waals surface area contributed by atoms with E-state index in [1.165, 1.54) is 6.07 Å². The van der Waals surface area contributed by atoms with Crippen LogP contribution in [0.3, 0.4) is 0 Å². The van der Waals surface area contributed by atoms with E-state index < -0.39 is 11.4 Å². The van der Waals surface area contributed by atoms with Crippen molar-refractivity contribution in [2.45, 2.75) is 51.6 Å². The van der Waals surface area contributed by atoms with Gasteiger partial charge in [-0.2, -0.15) is 0 Å². The minimum absolute atomic E-state index is 0.286. The number of aryl methyl sites for hydroxylation is 1. The molecule has 148 valence electrons. The molecule has 29 heavy (non-hydrogen) atoms. The number of hydrogen-bond acceptors (Lipinski definition) is 5. The predicted molar refractivity (Wildman–Crippen MR) is 108 cm³/mol. The molecule has 7 heteroatoms. The van der Waals surface area contributed by atoms with E-state index >= 15 is 0 Å². The summed E-state index contributed by atoms with van der Waals surface area (Å²) in [6, 6.07) is 8.61. The second-order valence-electron chi connectivity index (χ2n) is 8.05. The lowest BCUT2D eigenvalue weighted by atomic mass is 9.92. The summed E-state index contributed by atoms with van der Waals surface area (Å²) in [5.74, 6) is 0.425. The van der Waals surface area contributed by atoms with Gasteiger partial charge in [-0.05, 0) is 62.9 Å². The van der Waals surface area contributed by atoms with Crippen molar-refractivity contribution in [2.75, 3.05) is 0 Å². The molecule has 0 spiro atoms. The maximum absolute atomic E-state index is 14.9. The van der Waals surface area contributed by atoms with Crippen LogP contribution in [-0.2, 0) is 5.60 Å². The summed E-state index contributed by atoms with van der Waals surface area (Å²) < 4.78 is 16.7. The van der Waals surface area contributed by atoms with E-state index in [0.717, 1.165) is 24.1 Å². The summed E-state index contributed by atoms with van der Waals surface area (Å²) in [6.45, 7) is 5.47. The number of halogens is 1. The summed E-state index contributed by atoms with van der Waals surface area (Å²) in [4.78, 5) is 9.44. The Kier molecular flexibility index (Phi) is 3.93. The maximum Gasteiger partial charge on any atom is 0.184 e. The van der Waals surface area contributed by atoms with E-state index in [2.05, 4.69) is 15.2 Å². The number of rotatable bonds is 4. The van der Waals surface area contributed by atoms with Crippen LogP contribution in [0.15, 0.2) is 30.3 Å². The van der Waals surface area contributed by atoms with E-state index in [4.69, 9.17) is 4.98 Å². The van der Waals surface area contributed by atoms with Crippen LogP contribution >= 0.6 is 0 Å². The van der Waals surface area contributed by atoms with Gasteiger partial charge in [0.1, 0.15) is 11.3 Å². The molecule has 0 amide bonds. The first kappa shape index (κ1) is 18.1. The van der Waals surface area contributed by atoms with Crippen LogP contribution in [0.2, 0.25) is 0 Å². The monoisotopic (exact) mass is 391 g/mol. The molecule has 0 saturated heterocycles. The predicted octanol–water partition coefficient (Wildman–Crippen LogP) is 4.28. The SMILES string of the molecule is CCC(C)(O)c1ccc(F)c(-c2nnc3c(C)nc4ccc(C5CC5)nc4n23)c1. The maximum atomic E-state index is 14.9. The van der Waals surface area contributed by atoms with Crippen molar-refractivity contribution >= 4 is 16.8 Å². The Morgan fingerprint density at radius 2 is 1.93 bits per heavy atom. The lowest BCUT2D eigenvalue weighted by molar-refractivity contribution is 0.0531. The minimum atomic E-state index is -1.06. The van der Waals surface area contributed by atoms with Crippen molar-refractivity contribution < 1.29 is 9.50 Å². The van der Waals surface area contributed by atoms with Crippen molar-refractivity contribution in [3.8, 4) is 11.4 Å². The molecular formula is C22H22FN5O. The Hall–Kier alpha value is -2.93. The van der Waals surface area contributed by atoms with Crippen molar-refractivity contribution in [1.82, 2.24) is 24.6 Å². The average Bonchev–Trinajstić information content (AvgIpc) is 3.46. The van der Waals surface area contributed by atoms with Crippen LogP contribution in [-0.4, -0.2) is 29.7 Å². The van der Waals surface area contributed by atoms with Gasteiger partial charge in [-0.3, -0.25) is 4.40 Å². The lowest BCUT2D eigenvalue weighted by Gasteiger charge is -2.22. The highest BCUT2D eigenvalue weighted by atomic mass is 19.1. The Morgan fingerprint density at radius 3 is 2.66 bits per heavy atom. The van der Waals surface area contributed by atoms with Gasteiger partial charge < -0.3 is 5.11 Å². The molecule has 6 nitrogen and oxygen atoms in total. The molecule has 1 unspecified atom stereocenters. The van der Waals surface area contributed by atoms with E-state index in [0.29, 0.717) is 40.7 Å². The van der Waals surface area contributed by atoms with Gasteiger partial charge in [0.15, 0.2) is 17.1 Å². The van der Waals surface area contributed by atoms with E-state index in [1.54, 1.807) is 23.5 Å². The molecule has 0 radical (unpaired) electrons. The smallest absolute Gasteiger partial charge is 0.184 e. The Bertz CT molecular complexity index is 1260. The van der Waals surface area contributed by atoms with Crippen molar-refractivity contribution in [3.63, 3.8) is 0 Å². The number of fused-ring (bicyclic) bond motifs is 3. The quantitative estimate of drug-likeness (QED) is 0.562.